The minimum atomic E-state index is -1.57. The van der Waals surface area contributed by atoms with Crippen LogP contribution in [-0.4, -0.2) is 351 Å². The van der Waals surface area contributed by atoms with Gasteiger partial charge in [-0.15, -0.1) is 35.3 Å². The van der Waals surface area contributed by atoms with Crippen LogP contribution in [0.3, 0.4) is 0 Å². The number of aliphatic hydroxyl groups is 17. The predicted molar refractivity (Wildman–Crippen MR) is 315 cm³/mol. The van der Waals surface area contributed by atoms with Crippen LogP contribution in [0.15, 0.2) is 0 Å². The summed E-state index contributed by atoms with van der Waals surface area (Å²) in [4.78, 5) is 0. The highest BCUT2D eigenvalue weighted by Gasteiger charge is 2.52. The largest absolute Gasteiger partial charge is 0.394 e. The topological polar surface area (TPSA) is 460 Å². The number of hydrogen-bond donors (Lipinski definition) is 19. The van der Waals surface area contributed by atoms with Gasteiger partial charge in [-0.3, -0.25) is 0 Å². The lowest BCUT2D eigenvalue weighted by molar-refractivity contribution is -0.353. The molecular weight excluding hydrogens is 1240 g/mol. The Hall–Kier alpha value is 0.01000. The van der Waals surface area contributed by atoms with Crippen LogP contribution >= 0.6 is 59.3 Å². The maximum absolute atomic E-state index is 11.4. The van der Waals surface area contributed by atoms with E-state index in [0.29, 0.717) is 80.3 Å². The van der Waals surface area contributed by atoms with Crippen molar-refractivity contribution in [3.63, 3.8) is 0 Å². The van der Waals surface area contributed by atoms with E-state index in [4.69, 9.17) is 59.6 Å². The van der Waals surface area contributed by atoms with Crippen LogP contribution in [0.25, 0.3) is 0 Å². The summed E-state index contributed by atoms with van der Waals surface area (Å²) < 4.78 is 59.6. The Labute approximate surface area is 522 Å². The molecule has 9 aliphatic rings. The van der Waals surface area contributed by atoms with Gasteiger partial charge >= 0.3 is 0 Å². The molecule has 0 spiro atoms. The smallest absolute Gasteiger partial charge is 0.186 e. The highest BCUT2D eigenvalue weighted by molar-refractivity contribution is 8.00. The molecule has 29 nitrogen and oxygen atoms in total. The first-order valence-corrected chi connectivity index (χ1v) is 34.0. The Balaban J connectivity index is 1.07. The van der Waals surface area contributed by atoms with Crippen LogP contribution in [0, 0.1) is 11.3 Å². The molecule has 0 radical (unpaired) electrons. The Morgan fingerprint density at radius 3 is 1.37 bits per heavy atom. The molecule has 0 aromatic carbocycles. The van der Waals surface area contributed by atoms with E-state index in [-0.39, 0.29) is 57.9 Å². The zero-order valence-corrected chi connectivity index (χ0v) is 51.9. The van der Waals surface area contributed by atoms with Crippen molar-refractivity contribution in [1.82, 2.24) is 10.6 Å². The van der Waals surface area contributed by atoms with Crippen LogP contribution in [0.5, 0.6) is 0 Å². The second-order valence-corrected chi connectivity index (χ2v) is 27.5. The fourth-order valence-electron chi connectivity index (χ4n) is 10.6. The summed E-state index contributed by atoms with van der Waals surface area (Å²) in [7, 11) is 0. The van der Waals surface area contributed by atoms with E-state index in [1.807, 2.05) is 0 Å². The molecule has 4 bridgehead atoms. The molecule has 0 aromatic heterocycles. The molecule has 0 aromatic rings. The monoisotopic (exact) mass is 1340 g/mol. The average molecular weight is 1340 g/mol. The fourth-order valence-corrected chi connectivity index (χ4v) is 15.0. The van der Waals surface area contributed by atoms with E-state index in [2.05, 4.69) is 10.6 Å². The summed E-state index contributed by atoms with van der Waals surface area (Å²) >= 11 is 10.8. The van der Waals surface area contributed by atoms with Gasteiger partial charge < -0.3 is 145 Å². The lowest BCUT2D eigenvalue weighted by Crippen LogP contribution is -2.63. The highest BCUT2D eigenvalue weighted by Crippen LogP contribution is 2.37. The third kappa shape index (κ3) is 21.3. The first-order valence-electron chi connectivity index (χ1n) is 29.3. The number of aliphatic hydroxyl groups excluding tert-OH is 17. The first kappa shape index (κ1) is 75.0. The molecule has 19 N–H and O–H groups in total. The molecule has 86 heavy (non-hydrogen) atoms. The van der Waals surface area contributed by atoms with Crippen LogP contribution in [0.2, 0.25) is 0 Å². The SMILES string of the molecule is OCC1O[C@H]2OCCCCCC3C(CSCCNC(=S)NCC(COCCCS[C@@H]4OC(CO)[C@H](O)[C@H](O)C4O)(COCCCS[C@@H]4OC(CO)[C@H](O)[C@H](O)C4O)COCCCS[C@@H]4OC(CO)[C@H](O)[C@H](O)C4O)O[C@@H](OC1C(O)C2O)C(O)C3O. The van der Waals surface area contributed by atoms with E-state index in [1.165, 1.54) is 47.0 Å². The van der Waals surface area contributed by atoms with Gasteiger partial charge in [-0.2, -0.15) is 11.8 Å². The zero-order chi connectivity index (χ0) is 62.5. The number of ether oxygens (including phenoxy) is 10. The number of rotatable bonds is 32. The Bertz CT molecular complexity index is 1780. The van der Waals surface area contributed by atoms with Gasteiger partial charge in [-0.1, -0.05) is 12.8 Å². The molecule has 9 saturated heterocycles. The van der Waals surface area contributed by atoms with Crippen molar-refractivity contribution in [1.29, 1.82) is 0 Å². The maximum atomic E-state index is 11.4. The number of thioether (sulfide) groups is 4. The van der Waals surface area contributed by atoms with Gasteiger partial charge in [-0.25, -0.2) is 0 Å². The molecule has 9 aliphatic heterocycles. The van der Waals surface area contributed by atoms with Crippen molar-refractivity contribution >= 4 is 64.4 Å². The van der Waals surface area contributed by atoms with Gasteiger partial charge in [0.05, 0.1) is 63.9 Å². The molecule has 14 unspecified atom stereocenters. The third-order valence-corrected chi connectivity index (χ3v) is 20.9. The first-order chi connectivity index (χ1) is 41.3. The Morgan fingerprint density at radius 2 is 0.907 bits per heavy atom. The minimum absolute atomic E-state index is 0.0541. The summed E-state index contributed by atoms with van der Waals surface area (Å²) in [6.07, 6.45) is -24.3. The number of hydrogen-bond acceptors (Lipinski definition) is 32. The van der Waals surface area contributed by atoms with E-state index in [1.54, 1.807) is 0 Å². The molecule has 34 heteroatoms. The van der Waals surface area contributed by atoms with Crippen LogP contribution < -0.4 is 10.6 Å². The molecule has 0 saturated carbocycles. The van der Waals surface area contributed by atoms with Gasteiger partial charge in [-0.05, 0) is 61.6 Å². The van der Waals surface area contributed by atoms with Crippen molar-refractivity contribution in [3.8, 4) is 0 Å². The molecular formula is C52H94N2O27S5. The molecule has 504 valence electrons. The van der Waals surface area contributed by atoms with Crippen molar-refractivity contribution in [2.45, 2.75) is 190 Å². The van der Waals surface area contributed by atoms with E-state index < -0.39 is 183 Å². The van der Waals surface area contributed by atoms with E-state index in [9.17, 15) is 86.8 Å². The fraction of sp³-hybridized carbons (Fsp3) is 0.981. The van der Waals surface area contributed by atoms with Gasteiger partial charge in [0.1, 0.15) is 120 Å². The second-order valence-electron chi connectivity index (χ2n) is 22.3. The quantitative estimate of drug-likeness (QED) is 0.0220. The van der Waals surface area contributed by atoms with Gasteiger partial charge in [0.2, 0.25) is 0 Å². The normalized spacial score (nSPS) is 40.6. The second kappa shape index (κ2) is 38.4. The standard InChI is InChI=1S/C52H94N2O27S5/c55-17-27-33(60)36(63)42(69)48(78-27)84-13-4-9-72-23-52(24-73-10-5-14-85-49-43(70)37(64)34(61)28(18-56)79-49,25-74-11-6-15-86-50-44(71)38(65)35(62)29(19-57)80-50)22-54-51(82)53-8-16-83-21-31-26-7-2-1-3-12-75-46-41(68)39(66)45(30(20-58)76-46)81-47(77-31)40(67)32(26)59/h26-50,55-71H,1-25H2,(H2,53,54,82)/t26?,27?,28?,29?,30?,31?,32?,33-,34-,35-,36-,37-,38-,39?,40?,41?,42?,43?,44?,45?,46+,47-,48-,49-,50-,52?/m0/s1. The highest BCUT2D eigenvalue weighted by atomic mass is 32.2. The van der Waals surface area contributed by atoms with Crippen molar-refractivity contribution in [2.75, 3.05) is 115 Å². The summed E-state index contributed by atoms with van der Waals surface area (Å²) in [5.41, 5.74) is -3.74. The summed E-state index contributed by atoms with van der Waals surface area (Å²) in [6, 6.07) is 0. The molecule has 0 amide bonds. The summed E-state index contributed by atoms with van der Waals surface area (Å²) in [6.45, 7) is -0.808. The molecule has 25 atom stereocenters. The molecule has 9 fully saturated rings. The summed E-state index contributed by atoms with van der Waals surface area (Å²) in [5, 5.41) is 184. The average Bonchev–Trinajstić information content (AvgIpc) is 1.50. The Morgan fingerprint density at radius 1 is 0.453 bits per heavy atom. The molecule has 9 rings (SSSR count). The lowest BCUT2D eigenvalue weighted by atomic mass is 9.85. The molecule has 9 heterocycles. The van der Waals surface area contributed by atoms with Crippen molar-refractivity contribution in [3.05, 3.63) is 0 Å². The minimum Gasteiger partial charge on any atom is -0.394 e. The lowest BCUT2D eigenvalue weighted by Gasteiger charge is -2.47. The van der Waals surface area contributed by atoms with Crippen molar-refractivity contribution < 1.29 is 134 Å². The van der Waals surface area contributed by atoms with E-state index >= 15 is 0 Å². The van der Waals surface area contributed by atoms with Gasteiger partial charge in [0, 0.05) is 56.9 Å². The van der Waals surface area contributed by atoms with Crippen LogP contribution in [0.1, 0.15) is 44.9 Å². The predicted octanol–water partition coefficient (Wildman–Crippen LogP) is -6.53. The van der Waals surface area contributed by atoms with E-state index in [0.717, 1.165) is 0 Å². The number of nitrogens with one attached hydrogen (secondary N) is 2. The Kier molecular flexibility index (Phi) is 33.5. The van der Waals surface area contributed by atoms with Gasteiger partial charge in [0.25, 0.3) is 0 Å². The molecule has 0 aliphatic carbocycles. The van der Waals surface area contributed by atoms with Crippen molar-refractivity contribution in [2.24, 2.45) is 11.3 Å². The maximum Gasteiger partial charge on any atom is 0.186 e. The van der Waals surface area contributed by atoms with Crippen LogP contribution in [-0.2, 0) is 47.4 Å². The van der Waals surface area contributed by atoms with Gasteiger partial charge in [0.15, 0.2) is 17.7 Å². The zero-order valence-electron chi connectivity index (χ0n) is 47.8. The third-order valence-electron chi connectivity index (χ3n) is 15.8. The summed E-state index contributed by atoms with van der Waals surface area (Å²) in [5.74, 6) is 1.54. The van der Waals surface area contributed by atoms with Crippen LogP contribution in [0.4, 0.5) is 0 Å². The number of thiocarbonyl (C=S) groups is 1.